The van der Waals surface area contributed by atoms with E-state index in [1.807, 2.05) is 12.4 Å². The molecule has 0 unspecified atom stereocenters. The van der Waals surface area contributed by atoms with Gasteiger partial charge in [0.1, 0.15) is 0 Å². The van der Waals surface area contributed by atoms with Gasteiger partial charge in [0.15, 0.2) is 0 Å². The van der Waals surface area contributed by atoms with Gasteiger partial charge >= 0.3 is 0 Å². The van der Waals surface area contributed by atoms with Crippen LogP contribution < -0.4 is 0 Å². The first kappa shape index (κ1) is 14.7. The number of ether oxygens (including phenoxy) is 1. The summed E-state index contributed by atoms with van der Waals surface area (Å²) >= 11 is 6.28. The van der Waals surface area contributed by atoms with Crippen molar-refractivity contribution in [1.29, 1.82) is 0 Å². The van der Waals surface area contributed by atoms with E-state index in [-0.39, 0.29) is 0 Å². The van der Waals surface area contributed by atoms with Gasteiger partial charge in [0.25, 0.3) is 0 Å². The third kappa shape index (κ3) is 2.96. The zero-order valence-corrected chi connectivity index (χ0v) is 13.5. The molecule has 1 aliphatic rings. The van der Waals surface area contributed by atoms with Crippen LogP contribution in [-0.2, 0) is 11.3 Å². The number of fused-ring (bicyclic) bond motifs is 1. The normalized spacial score (nSPS) is 16.0. The van der Waals surface area contributed by atoms with E-state index >= 15 is 0 Å². The van der Waals surface area contributed by atoms with Crippen LogP contribution in [0.2, 0.25) is 5.02 Å². The molecule has 0 spiro atoms. The monoisotopic (exact) mass is 327 g/mol. The molecule has 3 aromatic rings. The molecule has 0 saturated carbocycles. The number of hydrogen-bond donors (Lipinski definition) is 0. The van der Waals surface area contributed by atoms with Gasteiger partial charge in [0.05, 0.1) is 22.4 Å². The number of halogens is 1. The van der Waals surface area contributed by atoms with Crippen LogP contribution in [0.5, 0.6) is 0 Å². The fourth-order valence-electron chi connectivity index (χ4n) is 3.19. The van der Waals surface area contributed by atoms with E-state index in [0.717, 1.165) is 54.8 Å². The largest absolute Gasteiger partial charge is 0.381 e. The van der Waals surface area contributed by atoms with E-state index in [2.05, 4.69) is 32.7 Å². The van der Waals surface area contributed by atoms with Crippen LogP contribution in [0.3, 0.4) is 0 Å². The predicted molar refractivity (Wildman–Crippen MR) is 91.5 cm³/mol. The summed E-state index contributed by atoms with van der Waals surface area (Å²) in [5.74, 6) is 0.661. The van der Waals surface area contributed by atoms with Crippen molar-refractivity contribution in [3.8, 4) is 11.1 Å². The molecule has 1 saturated heterocycles. The van der Waals surface area contributed by atoms with Crippen LogP contribution in [-0.4, -0.2) is 27.7 Å². The Balaban J connectivity index is 1.70. The zero-order valence-electron chi connectivity index (χ0n) is 12.8. The number of hydrogen-bond acceptors (Lipinski definition) is 3. The zero-order chi connectivity index (χ0) is 15.6. The highest BCUT2D eigenvalue weighted by atomic mass is 35.5. The molecular weight excluding hydrogens is 310 g/mol. The van der Waals surface area contributed by atoms with Gasteiger partial charge in [-0.1, -0.05) is 17.7 Å². The van der Waals surface area contributed by atoms with Crippen molar-refractivity contribution in [1.82, 2.24) is 14.5 Å². The summed E-state index contributed by atoms with van der Waals surface area (Å²) in [5, 5.41) is 0.669. The second kappa shape index (κ2) is 6.30. The summed E-state index contributed by atoms with van der Waals surface area (Å²) in [6.07, 6.45) is 7.63. The van der Waals surface area contributed by atoms with Gasteiger partial charge in [-0.3, -0.25) is 4.98 Å². The Hall–Kier alpha value is -1.91. The molecule has 3 heterocycles. The summed E-state index contributed by atoms with van der Waals surface area (Å²) in [6.45, 7) is 2.73. The average molecular weight is 328 g/mol. The lowest BCUT2D eigenvalue weighted by Crippen LogP contribution is -2.20. The van der Waals surface area contributed by atoms with Gasteiger partial charge in [-0.15, -0.1) is 0 Å². The lowest BCUT2D eigenvalue weighted by molar-refractivity contribution is 0.0616. The van der Waals surface area contributed by atoms with Crippen LogP contribution in [0.1, 0.15) is 12.8 Å². The fraction of sp³-hybridized carbons (Fsp3) is 0.333. The quantitative estimate of drug-likeness (QED) is 0.724. The Morgan fingerprint density at radius 1 is 1.22 bits per heavy atom. The SMILES string of the molecule is Clc1cnccc1-c1ccc2ncn(CC3CCOCC3)c2c1. The molecule has 118 valence electrons. The lowest BCUT2D eigenvalue weighted by atomic mass is 10.0. The summed E-state index contributed by atoms with van der Waals surface area (Å²) in [5.41, 5.74) is 4.27. The molecule has 0 atom stereocenters. The molecule has 1 aromatic carbocycles. The summed E-state index contributed by atoms with van der Waals surface area (Å²) in [6, 6.07) is 8.24. The number of aromatic nitrogens is 3. The summed E-state index contributed by atoms with van der Waals surface area (Å²) in [7, 11) is 0. The predicted octanol–water partition coefficient (Wildman–Crippen LogP) is 4.18. The first-order valence-corrected chi connectivity index (χ1v) is 8.31. The van der Waals surface area contributed by atoms with Crippen molar-refractivity contribution in [2.24, 2.45) is 5.92 Å². The number of benzene rings is 1. The smallest absolute Gasteiger partial charge is 0.0958 e. The van der Waals surface area contributed by atoms with Crippen molar-refractivity contribution in [3.05, 3.63) is 48.0 Å². The maximum atomic E-state index is 6.28. The Bertz CT molecular complexity index is 824. The topological polar surface area (TPSA) is 39.9 Å². The molecule has 0 bridgehead atoms. The van der Waals surface area contributed by atoms with Crippen molar-refractivity contribution >= 4 is 22.6 Å². The molecule has 2 aromatic heterocycles. The molecule has 0 amide bonds. The second-order valence-corrected chi connectivity index (χ2v) is 6.42. The standard InChI is InChI=1S/C18H18ClN3O/c19-16-10-20-6-3-15(16)14-1-2-17-18(9-14)22(12-21-17)11-13-4-7-23-8-5-13/h1-3,6,9-10,12-13H,4-5,7-8,11H2. The minimum atomic E-state index is 0.661. The number of rotatable bonds is 3. The van der Waals surface area contributed by atoms with Gasteiger partial charge in [0.2, 0.25) is 0 Å². The minimum absolute atomic E-state index is 0.661. The molecule has 23 heavy (non-hydrogen) atoms. The van der Waals surface area contributed by atoms with Crippen LogP contribution >= 0.6 is 11.6 Å². The van der Waals surface area contributed by atoms with Crippen molar-refractivity contribution in [2.45, 2.75) is 19.4 Å². The molecule has 1 fully saturated rings. The van der Waals surface area contributed by atoms with Crippen LogP contribution in [0, 0.1) is 5.92 Å². The van der Waals surface area contributed by atoms with Crippen molar-refractivity contribution in [2.75, 3.05) is 13.2 Å². The number of pyridine rings is 1. The van der Waals surface area contributed by atoms with E-state index in [0.29, 0.717) is 10.9 Å². The molecule has 4 nitrogen and oxygen atoms in total. The summed E-state index contributed by atoms with van der Waals surface area (Å²) in [4.78, 5) is 8.58. The Kier molecular flexibility index (Phi) is 4.02. The van der Waals surface area contributed by atoms with E-state index in [4.69, 9.17) is 16.3 Å². The van der Waals surface area contributed by atoms with E-state index in [1.165, 1.54) is 0 Å². The molecule has 4 rings (SSSR count). The molecular formula is C18H18ClN3O. The van der Waals surface area contributed by atoms with Crippen LogP contribution in [0.15, 0.2) is 43.0 Å². The highest BCUT2D eigenvalue weighted by molar-refractivity contribution is 6.33. The minimum Gasteiger partial charge on any atom is -0.381 e. The molecule has 0 aliphatic carbocycles. The average Bonchev–Trinajstić information content (AvgIpc) is 2.98. The van der Waals surface area contributed by atoms with Gasteiger partial charge in [-0.2, -0.15) is 0 Å². The summed E-state index contributed by atoms with van der Waals surface area (Å²) < 4.78 is 7.70. The number of nitrogens with zero attached hydrogens (tertiary/aromatic N) is 3. The lowest BCUT2D eigenvalue weighted by Gasteiger charge is -2.22. The van der Waals surface area contributed by atoms with E-state index < -0.39 is 0 Å². The maximum Gasteiger partial charge on any atom is 0.0958 e. The second-order valence-electron chi connectivity index (χ2n) is 6.01. The number of imidazole rings is 1. The Labute approximate surface area is 140 Å². The van der Waals surface area contributed by atoms with E-state index in [1.54, 1.807) is 12.4 Å². The third-order valence-electron chi connectivity index (χ3n) is 4.50. The van der Waals surface area contributed by atoms with Gasteiger partial charge in [-0.05, 0) is 42.5 Å². The molecule has 5 heteroatoms. The first-order chi connectivity index (χ1) is 11.3. The van der Waals surface area contributed by atoms with Crippen LogP contribution in [0.4, 0.5) is 0 Å². The Morgan fingerprint density at radius 2 is 2.09 bits per heavy atom. The highest BCUT2D eigenvalue weighted by Crippen LogP contribution is 2.29. The fourth-order valence-corrected chi connectivity index (χ4v) is 3.41. The van der Waals surface area contributed by atoms with Crippen LogP contribution in [0.25, 0.3) is 22.2 Å². The molecule has 0 radical (unpaired) electrons. The van der Waals surface area contributed by atoms with Gasteiger partial charge in [0, 0.05) is 37.7 Å². The molecule has 0 N–H and O–H groups in total. The first-order valence-electron chi connectivity index (χ1n) is 7.94. The van der Waals surface area contributed by atoms with Crippen molar-refractivity contribution in [3.63, 3.8) is 0 Å². The van der Waals surface area contributed by atoms with Gasteiger partial charge in [-0.25, -0.2) is 4.98 Å². The third-order valence-corrected chi connectivity index (χ3v) is 4.80. The highest BCUT2D eigenvalue weighted by Gasteiger charge is 2.16. The Morgan fingerprint density at radius 3 is 2.91 bits per heavy atom. The maximum absolute atomic E-state index is 6.28. The van der Waals surface area contributed by atoms with Gasteiger partial charge < -0.3 is 9.30 Å². The van der Waals surface area contributed by atoms with Crippen molar-refractivity contribution < 1.29 is 4.74 Å². The van der Waals surface area contributed by atoms with E-state index in [9.17, 15) is 0 Å². The molecule has 1 aliphatic heterocycles.